The van der Waals surface area contributed by atoms with E-state index in [0.29, 0.717) is 6.54 Å². The molecule has 1 saturated heterocycles. The Morgan fingerprint density at radius 3 is 2.62 bits per heavy atom. The Morgan fingerprint density at radius 2 is 2.12 bits per heavy atom. The third-order valence-electron chi connectivity index (χ3n) is 3.18. The van der Waals surface area contributed by atoms with Crippen molar-refractivity contribution < 1.29 is 14.7 Å². The van der Waals surface area contributed by atoms with Gasteiger partial charge in [0, 0.05) is 12.6 Å². The van der Waals surface area contributed by atoms with Gasteiger partial charge in [-0.25, -0.2) is 0 Å². The molecule has 1 aliphatic heterocycles. The molecule has 2 unspecified atom stereocenters. The molecule has 5 heteroatoms. The van der Waals surface area contributed by atoms with E-state index in [2.05, 4.69) is 10.6 Å². The van der Waals surface area contributed by atoms with E-state index in [1.165, 1.54) is 0 Å². The van der Waals surface area contributed by atoms with Crippen LogP contribution in [0.15, 0.2) is 0 Å². The molecule has 1 heterocycles. The molecule has 0 radical (unpaired) electrons. The highest BCUT2D eigenvalue weighted by Gasteiger charge is 2.25. The van der Waals surface area contributed by atoms with Crippen molar-refractivity contribution in [2.75, 3.05) is 13.1 Å². The SMILES string of the molecule is CC(NC(=O)[C@@H]1CCCNC1)C(C)C(=O)O. The van der Waals surface area contributed by atoms with Crippen LogP contribution >= 0.6 is 0 Å². The van der Waals surface area contributed by atoms with Crippen molar-refractivity contribution >= 4 is 11.9 Å². The second-order valence-corrected chi connectivity index (χ2v) is 4.47. The van der Waals surface area contributed by atoms with Crippen molar-refractivity contribution in [3.8, 4) is 0 Å². The number of hydrogen-bond donors (Lipinski definition) is 3. The Bertz CT molecular complexity index is 262. The minimum Gasteiger partial charge on any atom is -0.481 e. The summed E-state index contributed by atoms with van der Waals surface area (Å²) in [4.78, 5) is 22.5. The lowest BCUT2D eigenvalue weighted by Crippen LogP contribution is -2.46. The number of amides is 1. The van der Waals surface area contributed by atoms with Crippen molar-refractivity contribution in [2.24, 2.45) is 11.8 Å². The van der Waals surface area contributed by atoms with Gasteiger partial charge in [-0.3, -0.25) is 9.59 Å². The maximum atomic E-state index is 11.8. The third-order valence-corrected chi connectivity index (χ3v) is 3.18. The van der Waals surface area contributed by atoms with E-state index in [9.17, 15) is 9.59 Å². The Morgan fingerprint density at radius 1 is 1.44 bits per heavy atom. The summed E-state index contributed by atoms with van der Waals surface area (Å²) in [5.74, 6) is -1.49. The highest BCUT2D eigenvalue weighted by Crippen LogP contribution is 2.11. The summed E-state index contributed by atoms with van der Waals surface area (Å²) >= 11 is 0. The van der Waals surface area contributed by atoms with Crippen LogP contribution in [0.3, 0.4) is 0 Å². The minimum absolute atomic E-state index is 0.0165. The number of aliphatic carboxylic acids is 1. The van der Waals surface area contributed by atoms with E-state index in [1.54, 1.807) is 13.8 Å². The Balaban J connectivity index is 2.40. The van der Waals surface area contributed by atoms with Gasteiger partial charge in [0.2, 0.25) is 5.91 Å². The second kappa shape index (κ2) is 5.84. The molecule has 16 heavy (non-hydrogen) atoms. The minimum atomic E-state index is -0.880. The zero-order valence-corrected chi connectivity index (χ0v) is 9.82. The Hall–Kier alpha value is -1.10. The summed E-state index contributed by atoms with van der Waals surface area (Å²) < 4.78 is 0. The Kier molecular flexibility index (Phi) is 4.73. The molecule has 1 rings (SSSR count). The number of carboxylic acids is 1. The molecular formula is C11H20N2O3. The van der Waals surface area contributed by atoms with Gasteiger partial charge in [-0.1, -0.05) is 0 Å². The first-order valence-corrected chi connectivity index (χ1v) is 5.76. The van der Waals surface area contributed by atoms with Gasteiger partial charge in [-0.2, -0.15) is 0 Å². The largest absolute Gasteiger partial charge is 0.481 e. The maximum absolute atomic E-state index is 11.8. The highest BCUT2D eigenvalue weighted by molar-refractivity contribution is 5.80. The molecule has 1 fully saturated rings. The van der Waals surface area contributed by atoms with Gasteiger partial charge in [0.05, 0.1) is 11.8 Å². The summed E-state index contributed by atoms with van der Waals surface area (Å²) in [6.45, 7) is 4.99. The predicted molar refractivity (Wildman–Crippen MR) is 60.0 cm³/mol. The molecule has 5 nitrogen and oxygen atoms in total. The zero-order chi connectivity index (χ0) is 12.1. The first kappa shape index (κ1) is 13.0. The molecule has 1 amide bonds. The van der Waals surface area contributed by atoms with E-state index in [4.69, 9.17) is 5.11 Å². The first-order chi connectivity index (χ1) is 7.52. The van der Waals surface area contributed by atoms with Crippen LogP contribution in [0.5, 0.6) is 0 Å². The van der Waals surface area contributed by atoms with Crippen LogP contribution in [-0.2, 0) is 9.59 Å². The zero-order valence-electron chi connectivity index (χ0n) is 9.82. The number of hydrogen-bond acceptors (Lipinski definition) is 3. The molecule has 3 N–H and O–H groups in total. The smallest absolute Gasteiger partial charge is 0.308 e. The fourth-order valence-electron chi connectivity index (χ4n) is 1.76. The molecule has 3 atom stereocenters. The lowest BCUT2D eigenvalue weighted by Gasteiger charge is -2.25. The van der Waals surface area contributed by atoms with Crippen LogP contribution in [-0.4, -0.2) is 36.1 Å². The van der Waals surface area contributed by atoms with Gasteiger partial charge >= 0.3 is 5.97 Å². The monoisotopic (exact) mass is 228 g/mol. The molecule has 0 aromatic heterocycles. The van der Waals surface area contributed by atoms with Crippen molar-refractivity contribution in [3.63, 3.8) is 0 Å². The van der Waals surface area contributed by atoms with Crippen molar-refractivity contribution in [1.29, 1.82) is 0 Å². The number of carbonyl (C=O) groups excluding carboxylic acids is 1. The fraction of sp³-hybridized carbons (Fsp3) is 0.818. The lowest BCUT2D eigenvalue weighted by atomic mass is 9.97. The summed E-state index contributed by atoms with van der Waals surface area (Å²) in [7, 11) is 0. The summed E-state index contributed by atoms with van der Waals surface area (Å²) in [6.07, 6.45) is 1.88. The standard InChI is InChI=1S/C11H20N2O3/c1-7(11(15)16)8(2)13-10(14)9-4-3-5-12-6-9/h7-9,12H,3-6H2,1-2H3,(H,13,14)(H,15,16)/t7?,8?,9-/m1/s1. The van der Waals surface area contributed by atoms with Gasteiger partial charge in [-0.05, 0) is 33.2 Å². The van der Waals surface area contributed by atoms with Gasteiger partial charge in [0.15, 0.2) is 0 Å². The van der Waals surface area contributed by atoms with Crippen molar-refractivity contribution in [3.05, 3.63) is 0 Å². The summed E-state index contributed by atoms with van der Waals surface area (Å²) in [6, 6.07) is -0.327. The number of nitrogens with one attached hydrogen (secondary N) is 2. The molecule has 0 aliphatic carbocycles. The molecule has 92 valence electrons. The second-order valence-electron chi connectivity index (χ2n) is 4.47. The maximum Gasteiger partial charge on any atom is 0.308 e. The molecular weight excluding hydrogens is 208 g/mol. The van der Waals surface area contributed by atoms with Gasteiger partial charge < -0.3 is 15.7 Å². The van der Waals surface area contributed by atoms with Gasteiger partial charge in [-0.15, -0.1) is 0 Å². The van der Waals surface area contributed by atoms with Crippen LogP contribution < -0.4 is 10.6 Å². The van der Waals surface area contributed by atoms with Crippen molar-refractivity contribution in [2.45, 2.75) is 32.7 Å². The van der Waals surface area contributed by atoms with Crippen molar-refractivity contribution in [1.82, 2.24) is 10.6 Å². The van der Waals surface area contributed by atoms with Gasteiger partial charge in [0.25, 0.3) is 0 Å². The van der Waals surface area contributed by atoms with Crippen LogP contribution in [0.2, 0.25) is 0 Å². The van der Waals surface area contributed by atoms with Crippen LogP contribution in [0, 0.1) is 11.8 Å². The average Bonchev–Trinajstić information content (AvgIpc) is 2.28. The van der Waals surface area contributed by atoms with E-state index in [0.717, 1.165) is 19.4 Å². The molecule has 1 aliphatic rings. The normalized spacial score (nSPS) is 24.5. The third kappa shape index (κ3) is 3.48. The van der Waals surface area contributed by atoms with Crippen LogP contribution in [0.4, 0.5) is 0 Å². The fourth-order valence-corrected chi connectivity index (χ4v) is 1.76. The van der Waals surface area contributed by atoms with Gasteiger partial charge in [0.1, 0.15) is 0 Å². The molecule has 0 bridgehead atoms. The molecule has 0 aromatic carbocycles. The molecule has 0 saturated carbocycles. The average molecular weight is 228 g/mol. The quantitative estimate of drug-likeness (QED) is 0.643. The van der Waals surface area contributed by atoms with E-state index in [-0.39, 0.29) is 17.9 Å². The Labute approximate surface area is 95.6 Å². The van der Waals surface area contributed by atoms with Crippen LogP contribution in [0.1, 0.15) is 26.7 Å². The number of piperidine rings is 1. The van der Waals surface area contributed by atoms with Crippen LogP contribution in [0.25, 0.3) is 0 Å². The summed E-state index contributed by atoms with van der Waals surface area (Å²) in [5.41, 5.74) is 0. The number of carbonyl (C=O) groups is 2. The van der Waals surface area contributed by atoms with E-state index >= 15 is 0 Å². The predicted octanol–water partition coefficient (Wildman–Crippen LogP) is 0.211. The first-order valence-electron chi connectivity index (χ1n) is 5.76. The summed E-state index contributed by atoms with van der Waals surface area (Å²) in [5, 5.41) is 14.7. The van der Waals surface area contributed by atoms with E-state index < -0.39 is 11.9 Å². The lowest BCUT2D eigenvalue weighted by molar-refractivity contribution is -0.142. The topological polar surface area (TPSA) is 78.4 Å². The molecule has 0 aromatic rings. The highest BCUT2D eigenvalue weighted by atomic mass is 16.4. The number of rotatable bonds is 4. The number of carboxylic acid groups (broad SMARTS) is 1. The molecule has 0 spiro atoms. The van der Waals surface area contributed by atoms with E-state index in [1.807, 2.05) is 0 Å².